The number of aromatic nitrogens is 1. The van der Waals surface area contributed by atoms with Gasteiger partial charge in [0.25, 0.3) is 0 Å². The molecule has 3 N–H and O–H groups in total. The maximum Gasteiger partial charge on any atom is 0.238 e. The van der Waals surface area contributed by atoms with Crippen LogP contribution in [0.5, 0.6) is 0 Å². The van der Waals surface area contributed by atoms with Gasteiger partial charge in [-0.25, -0.2) is 22.9 Å². The van der Waals surface area contributed by atoms with E-state index < -0.39 is 10.0 Å². The Morgan fingerprint density at radius 1 is 1.23 bits per heavy atom. The van der Waals surface area contributed by atoms with E-state index in [2.05, 4.69) is 10.3 Å². The van der Waals surface area contributed by atoms with Crippen molar-refractivity contribution in [2.45, 2.75) is 16.2 Å². The van der Waals surface area contributed by atoms with Crippen molar-refractivity contribution in [1.82, 2.24) is 4.98 Å². The summed E-state index contributed by atoms with van der Waals surface area (Å²) in [4.78, 5) is 17.2. The highest BCUT2D eigenvalue weighted by Crippen LogP contribution is 2.28. The molecular weight excluding hydrogens is 397 g/mol. The number of halogens is 1. The lowest BCUT2D eigenvalue weighted by Crippen LogP contribution is -2.11. The second kappa shape index (κ2) is 7.70. The van der Waals surface area contributed by atoms with Crippen molar-refractivity contribution in [3.05, 3.63) is 48.3 Å². The first-order valence-electron chi connectivity index (χ1n) is 7.43. The Bertz CT molecular complexity index is 1050. The Kier molecular flexibility index (Phi) is 5.56. The minimum absolute atomic E-state index is 0.00206. The van der Waals surface area contributed by atoms with Crippen molar-refractivity contribution in [1.29, 1.82) is 0 Å². The van der Waals surface area contributed by atoms with Crippen molar-refractivity contribution in [2.75, 3.05) is 11.1 Å². The molecule has 1 aromatic heterocycles. The summed E-state index contributed by atoms with van der Waals surface area (Å²) in [5.74, 6) is 0.0386. The number of anilines is 1. The van der Waals surface area contributed by atoms with E-state index in [1.807, 2.05) is 0 Å². The third-order valence-electron chi connectivity index (χ3n) is 3.35. The molecule has 6 nitrogen and oxygen atoms in total. The zero-order valence-corrected chi connectivity index (χ0v) is 15.8. The van der Waals surface area contributed by atoms with Gasteiger partial charge in [0, 0.05) is 17.1 Å². The fraction of sp³-hybridized carbons (Fsp3) is 0.125. The summed E-state index contributed by atoms with van der Waals surface area (Å²) in [6, 6.07) is 10.4. The van der Waals surface area contributed by atoms with E-state index >= 15 is 0 Å². The van der Waals surface area contributed by atoms with Gasteiger partial charge in [0.05, 0.1) is 15.1 Å². The number of nitrogens with one attached hydrogen (secondary N) is 1. The van der Waals surface area contributed by atoms with Gasteiger partial charge in [-0.1, -0.05) is 11.3 Å². The van der Waals surface area contributed by atoms with Crippen LogP contribution in [0.25, 0.3) is 10.2 Å². The van der Waals surface area contributed by atoms with Crippen molar-refractivity contribution in [3.63, 3.8) is 0 Å². The van der Waals surface area contributed by atoms with Crippen LogP contribution in [0.15, 0.2) is 52.3 Å². The molecule has 3 aromatic rings. The fourth-order valence-electron chi connectivity index (χ4n) is 2.11. The van der Waals surface area contributed by atoms with Crippen molar-refractivity contribution < 1.29 is 17.6 Å². The SMILES string of the molecule is NS(=O)(=O)c1ccc2nc(NC(=O)CCSc3ccc(F)cc3)sc2c1. The van der Waals surface area contributed by atoms with Gasteiger partial charge in [-0.05, 0) is 42.5 Å². The highest BCUT2D eigenvalue weighted by atomic mass is 32.2. The Balaban J connectivity index is 1.59. The summed E-state index contributed by atoms with van der Waals surface area (Å²) in [6.07, 6.45) is 0.264. The van der Waals surface area contributed by atoms with Gasteiger partial charge in [0.2, 0.25) is 15.9 Å². The number of thioether (sulfide) groups is 1. The van der Waals surface area contributed by atoms with Gasteiger partial charge in [-0.3, -0.25) is 4.79 Å². The molecule has 26 heavy (non-hydrogen) atoms. The zero-order valence-electron chi connectivity index (χ0n) is 13.3. The van der Waals surface area contributed by atoms with Gasteiger partial charge in [0.1, 0.15) is 5.82 Å². The number of carbonyl (C=O) groups excluding carboxylic acids is 1. The van der Waals surface area contributed by atoms with E-state index in [0.717, 1.165) is 4.90 Å². The van der Waals surface area contributed by atoms with Crippen LogP contribution in [-0.2, 0) is 14.8 Å². The van der Waals surface area contributed by atoms with Gasteiger partial charge in [-0.15, -0.1) is 11.8 Å². The number of rotatable bonds is 6. The number of primary sulfonamides is 1. The standard InChI is InChI=1S/C16H14FN3O3S3/c17-10-1-3-11(4-2-10)24-8-7-15(21)20-16-19-13-6-5-12(26(18,22)23)9-14(13)25-16/h1-6,9H,7-8H2,(H2,18,22,23)(H,19,20,21). The highest BCUT2D eigenvalue weighted by Gasteiger charge is 2.12. The summed E-state index contributed by atoms with van der Waals surface area (Å²) < 4.78 is 36.2. The number of fused-ring (bicyclic) bond motifs is 1. The topological polar surface area (TPSA) is 102 Å². The van der Waals surface area contributed by atoms with Crippen molar-refractivity contribution in [3.8, 4) is 0 Å². The first-order chi connectivity index (χ1) is 12.3. The van der Waals surface area contributed by atoms with E-state index in [0.29, 0.717) is 21.1 Å². The van der Waals surface area contributed by atoms with E-state index in [-0.39, 0.29) is 23.0 Å². The van der Waals surface area contributed by atoms with E-state index in [1.54, 1.807) is 18.2 Å². The molecule has 10 heteroatoms. The number of benzene rings is 2. The number of thiazole rings is 1. The predicted molar refractivity (Wildman–Crippen MR) is 101 cm³/mol. The predicted octanol–water partition coefficient (Wildman–Crippen LogP) is 3.20. The number of nitrogens with two attached hydrogens (primary N) is 1. The summed E-state index contributed by atoms with van der Waals surface area (Å²) in [7, 11) is -3.78. The Morgan fingerprint density at radius 3 is 2.65 bits per heavy atom. The van der Waals surface area contributed by atoms with Crippen LogP contribution in [0, 0.1) is 5.82 Å². The minimum Gasteiger partial charge on any atom is -0.302 e. The Morgan fingerprint density at radius 2 is 1.96 bits per heavy atom. The van der Waals surface area contributed by atoms with Crippen LogP contribution in [0.4, 0.5) is 9.52 Å². The molecule has 0 aliphatic rings. The molecular formula is C16H14FN3O3S3. The maximum absolute atomic E-state index is 12.8. The molecule has 2 aromatic carbocycles. The second-order valence-corrected chi connectivity index (χ2v) is 9.05. The number of hydrogen-bond acceptors (Lipinski definition) is 6. The minimum atomic E-state index is -3.78. The molecule has 0 fully saturated rings. The molecule has 136 valence electrons. The lowest BCUT2D eigenvalue weighted by atomic mass is 10.3. The molecule has 0 saturated heterocycles. The average Bonchev–Trinajstić information content (AvgIpc) is 2.97. The van der Waals surface area contributed by atoms with Crippen LogP contribution in [0.2, 0.25) is 0 Å². The third kappa shape index (κ3) is 4.79. The number of amides is 1. The van der Waals surface area contributed by atoms with Crippen LogP contribution in [0.3, 0.4) is 0 Å². The van der Waals surface area contributed by atoms with Crippen LogP contribution in [-0.4, -0.2) is 25.1 Å². The molecule has 1 heterocycles. The molecule has 1 amide bonds. The zero-order chi connectivity index (χ0) is 18.7. The first-order valence-corrected chi connectivity index (χ1v) is 10.8. The summed E-state index contributed by atoms with van der Waals surface area (Å²) in [6.45, 7) is 0. The second-order valence-electron chi connectivity index (χ2n) is 5.29. The summed E-state index contributed by atoms with van der Waals surface area (Å²) in [5.41, 5.74) is 0.582. The molecule has 0 radical (unpaired) electrons. The van der Waals surface area contributed by atoms with Crippen molar-refractivity contribution >= 4 is 54.4 Å². The smallest absolute Gasteiger partial charge is 0.238 e. The van der Waals surface area contributed by atoms with E-state index in [1.165, 1.54) is 47.4 Å². The van der Waals surface area contributed by atoms with Crippen LogP contribution in [0.1, 0.15) is 6.42 Å². The van der Waals surface area contributed by atoms with Gasteiger partial charge >= 0.3 is 0 Å². The fourth-order valence-corrected chi connectivity index (χ4v) is 4.50. The summed E-state index contributed by atoms with van der Waals surface area (Å²) >= 11 is 2.63. The number of nitrogens with zero attached hydrogens (tertiary/aromatic N) is 1. The van der Waals surface area contributed by atoms with E-state index in [9.17, 15) is 17.6 Å². The molecule has 0 bridgehead atoms. The Labute approximate surface area is 157 Å². The molecule has 0 atom stereocenters. The Hall–Kier alpha value is -2.01. The van der Waals surface area contributed by atoms with E-state index in [4.69, 9.17) is 5.14 Å². The third-order valence-corrected chi connectivity index (χ3v) is 6.20. The molecule has 0 unspecified atom stereocenters. The first kappa shape index (κ1) is 18.8. The molecule has 0 aliphatic carbocycles. The molecule has 0 spiro atoms. The van der Waals surface area contributed by atoms with Gasteiger partial charge < -0.3 is 5.32 Å². The largest absolute Gasteiger partial charge is 0.302 e. The molecule has 0 aliphatic heterocycles. The van der Waals surface area contributed by atoms with Crippen molar-refractivity contribution in [2.24, 2.45) is 5.14 Å². The van der Waals surface area contributed by atoms with Gasteiger partial charge in [-0.2, -0.15) is 0 Å². The number of hydrogen-bond donors (Lipinski definition) is 2. The lowest BCUT2D eigenvalue weighted by molar-refractivity contribution is -0.115. The molecule has 3 rings (SSSR count). The number of carbonyl (C=O) groups is 1. The van der Waals surface area contributed by atoms with Crippen LogP contribution >= 0.6 is 23.1 Å². The number of sulfonamides is 1. The van der Waals surface area contributed by atoms with Crippen LogP contribution < -0.4 is 10.5 Å². The monoisotopic (exact) mass is 411 g/mol. The average molecular weight is 412 g/mol. The highest BCUT2D eigenvalue weighted by molar-refractivity contribution is 7.99. The quantitative estimate of drug-likeness (QED) is 0.607. The summed E-state index contributed by atoms with van der Waals surface area (Å²) in [5, 5.41) is 8.20. The lowest BCUT2D eigenvalue weighted by Gasteiger charge is -2.02. The molecule has 0 saturated carbocycles. The maximum atomic E-state index is 12.8. The normalized spacial score (nSPS) is 11.6. The van der Waals surface area contributed by atoms with Gasteiger partial charge in [0.15, 0.2) is 5.13 Å².